The van der Waals surface area contributed by atoms with Crippen LogP contribution >= 0.6 is 15.9 Å². The highest BCUT2D eigenvalue weighted by Gasteiger charge is 2.18. The first kappa shape index (κ1) is 13.3. The molecule has 0 bridgehead atoms. The lowest BCUT2D eigenvalue weighted by Gasteiger charge is -2.18. The molecule has 0 aliphatic carbocycles. The number of amides is 1. The summed E-state index contributed by atoms with van der Waals surface area (Å²) in [6.45, 7) is 2.59. The maximum Gasteiger partial charge on any atom is 0.222 e. The van der Waals surface area contributed by atoms with Gasteiger partial charge in [0.25, 0.3) is 0 Å². The second-order valence-corrected chi connectivity index (χ2v) is 5.47. The fraction of sp³-hybridized carbons (Fsp3) is 0.462. The van der Waals surface area contributed by atoms with E-state index >= 15 is 0 Å². The molecule has 0 spiro atoms. The molecule has 1 heterocycles. The Labute approximate surface area is 114 Å². The fourth-order valence-electron chi connectivity index (χ4n) is 2.12. The van der Waals surface area contributed by atoms with Crippen molar-refractivity contribution in [3.63, 3.8) is 0 Å². The lowest BCUT2D eigenvalue weighted by atomic mass is 10.1. The molecule has 0 aromatic heterocycles. The van der Waals surface area contributed by atoms with Crippen LogP contribution in [0.4, 0.5) is 10.1 Å². The smallest absolute Gasteiger partial charge is 0.222 e. The van der Waals surface area contributed by atoms with E-state index in [4.69, 9.17) is 0 Å². The van der Waals surface area contributed by atoms with Gasteiger partial charge in [0.2, 0.25) is 5.91 Å². The van der Waals surface area contributed by atoms with E-state index in [0.717, 1.165) is 30.6 Å². The molecule has 2 N–H and O–H groups in total. The Balaban J connectivity index is 2.13. The highest BCUT2D eigenvalue weighted by Crippen LogP contribution is 2.26. The van der Waals surface area contributed by atoms with Crippen LogP contribution in [0.3, 0.4) is 0 Å². The van der Waals surface area contributed by atoms with Crippen LogP contribution in [-0.4, -0.2) is 18.5 Å². The van der Waals surface area contributed by atoms with Crippen molar-refractivity contribution in [2.45, 2.75) is 32.2 Å². The first-order chi connectivity index (χ1) is 8.56. The maximum atomic E-state index is 13.3. The Bertz CT molecular complexity index is 465. The van der Waals surface area contributed by atoms with Crippen molar-refractivity contribution >= 4 is 27.5 Å². The van der Waals surface area contributed by atoms with Crippen molar-refractivity contribution in [2.75, 3.05) is 11.9 Å². The average molecular weight is 315 g/mol. The Hall–Kier alpha value is -1.10. The third kappa shape index (κ3) is 3.22. The first-order valence-corrected chi connectivity index (χ1v) is 6.84. The van der Waals surface area contributed by atoms with Crippen LogP contribution in [0.25, 0.3) is 0 Å². The summed E-state index contributed by atoms with van der Waals surface area (Å²) in [5, 5.41) is 6.18. The van der Waals surface area contributed by atoms with Crippen LogP contribution < -0.4 is 10.6 Å². The Kier molecular flexibility index (Phi) is 4.22. The summed E-state index contributed by atoms with van der Waals surface area (Å²) in [5.41, 5.74) is 1.73. The topological polar surface area (TPSA) is 41.1 Å². The van der Waals surface area contributed by atoms with E-state index in [1.165, 1.54) is 6.07 Å². The molecule has 1 saturated heterocycles. The van der Waals surface area contributed by atoms with E-state index in [2.05, 4.69) is 26.6 Å². The molecule has 1 fully saturated rings. The van der Waals surface area contributed by atoms with Gasteiger partial charge in [0, 0.05) is 24.7 Å². The van der Waals surface area contributed by atoms with Gasteiger partial charge in [-0.15, -0.1) is 0 Å². The van der Waals surface area contributed by atoms with E-state index in [0.29, 0.717) is 10.9 Å². The molecule has 1 aromatic rings. The molecule has 98 valence electrons. The monoisotopic (exact) mass is 314 g/mol. The van der Waals surface area contributed by atoms with Gasteiger partial charge in [-0.25, -0.2) is 4.39 Å². The SMILES string of the molecule is Cc1cc(F)c(Br)cc1NC1CCCNC(=O)C1. The van der Waals surface area contributed by atoms with Crippen LogP contribution in [0.2, 0.25) is 0 Å². The van der Waals surface area contributed by atoms with Crippen LogP contribution in [0.1, 0.15) is 24.8 Å². The summed E-state index contributed by atoms with van der Waals surface area (Å²) < 4.78 is 13.8. The molecule has 2 rings (SSSR count). The van der Waals surface area contributed by atoms with Crippen molar-refractivity contribution in [2.24, 2.45) is 0 Å². The third-order valence-electron chi connectivity index (χ3n) is 3.11. The van der Waals surface area contributed by atoms with Gasteiger partial charge in [-0.1, -0.05) is 0 Å². The van der Waals surface area contributed by atoms with E-state index < -0.39 is 0 Å². The molecule has 1 amide bonds. The Morgan fingerprint density at radius 1 is 1.50 bits per heavy atom. The predicted octanol–water partition coefficient (Wildman–Crippen LogP) is 2.98. The number of aryl methyl sites for hydroxylation is 1. The zero-order chi connectivity index (χ0) is 13.1. The van der Waals surface area contributed by atoms with Crippen molar-refractivity contribution in [3.05, 3.63) is 28.0 Å². The van der Waals surface area contributed by atoms with Crippen molar-refractivity contribution in [1.29, 1.82) is 0 Å². The van der Waals surface area contributed by atoms with Gasteiger partial charge in [0.15, 0.2) is 0 Å². The van der Waals surface area contributed by atoms with E-state index in [1.54, 1.807) is 6.07 Å². The number of hydrogen-bond donors (Lipinski definition) is 2. The van der Waals surface area contributed by atoms with Gasteiger partial charge < -0.3 is 10.6 Å². The first-order valence-electron chi connectivity index (χ1n) is 6.05. The molecular weight excluding hydrogens is 299 g/mol. The third-order valence-corrected chi connectivity index (χ3v) is 3.72. The molecule has 0 saturated carbocycles. The second kappa shape index (κ2) is 5.69. The summed E-state index contributed by atoms with van der Waals surface area (Å²) in [7, 11) is 0. The van der Waals surface area contributed by atoms with Gasteiger partial charge in [0.1, 0.15) is 5.82 Å². The number of benzene rings is 1. The molecule has 1 aliphatic heterocycles. The molecule has 0 radical (unpaired) electrons. The summed E-state index contributed by atoms with van der Waals surface area (Å²) in [6, 6.07) is 3.33. The van der Waals surface area contributed by atoms with E-state index in [-0.39, 0.29) is 17.8 Å². The van der Waals surface area contributed by atoms with Gasteiger partial charge in [-0.3, -0.25) is 4.79 Å². The number of nitrogens with one attached hydrogen (secondary N) is 2. The Morgan fingerprint density at radius 3 is 3.06 bits per heavy atom. The molecule has 1 aromatic carbocycles. The number of hydrogen-bond acceptors (Lipinski definition) is 2. The molecular formula is C13H16BrFN2O. The highest BCUT2D eigenvalue weighted by molar-refractivity contribution is 9.10. The molecule has 1 unspecified atom stereocenters. The van der Waals surface area contributed by atoms with Crippen LogP contribution in [0.15, 0.2) is 16.6 Å². The fourth-order valence-corrected chi connectivity index (χ4v) is 2.46. The van der Waals surface area contributed by atoms with Gasteiger partial charge in [-0.05, 0) is 53.4 Å². The van der Waals surface area contributed by atoms with E-state index in [1.807, 2.05) is 6.92 Å². The molecule has 18 heavy (non-hydrogen) atoms. The summed E-state index contributed by atoms with van der Waals surface area (Å²) in [5.74, 6) is -0.194. The van der Waals surface area contributed by atoms with E-state index in [9.17, 15) is 9.18 Å². The number of carbonyl (C=O) groups excluding carboxylic acids is 1. The largest absolute Gasteiger partial charge is 0.382 e. The number of halogens is 2. The summed E-state index contributed by atoms with van der Waals surface area (Å²) >= 11 is 3.18. The van der Waals surface area contributed by atoms with Crippen LogP contribution in [-0.2, 0) is 4.79 Å². The van der Waals surface area contributed by atoms with Gasteiger partial charge >= 0.3 is 0 Å². The van der Waals surface area contributed by atoms with Crippen LogP contribution in [0, 0.1) is 12.7 Å². The maximum absolute atomic E-state index is 13.3. The predicted molar refractivity (Wildman–Crippen MR) is 73.1 cm³/mol. The van der Waals surface area contributed by atoms with Gasteiger partial charge in [-0.2, -0.15) is 0 Å². The minimum absolute atomic E-state index is 0.0730. The highest BCUT2D eigenvalue weighted by atomic mass is 79.9. The number of rotatable bonds is 2. The standard InChI is InChI=1S/C13H16BrFN2O/c1-8-5-11(15)10(14)7-12(8)17-9-3-2-4-16-13(18)6-9/h5,7,9,17H,2-4,6H2,1H3,(H,16,18). The minimum Gasteiger partial charge on any atom is -0.382 e. The second-order valence-electron chi connectivity index (χ2n) is 4.62. The normalized spacial score (nSPS) is 20.2. The van der Waals surface area contributed by atoms with Crippen molar-refractivity contribution in [1.82, 2.24) is 5.32 Å². The average Bonchev–Trinajstić information content (AvgIpc) is 2.50. The minimum atomic E-state index is -0.267. The molecule has 5 heteroatoms. The van der Waals surface area contributed by atoms with Crippen molar-refractivity contribution < 1.29 is 9.18 Å². The van der Waals surface area contributed by atoms with Gasteiger partial charge in [0.05, 0.1) is 4.47 Å². The lowest BCUT2D eigenvalue weighted by Crippen LogP contribution is -2.27. The van der Waals surface area contributed by atoms with Crippen LogP contribution in [0.5, 0.6) is 0 Å². The zero-order valence-corrected chi connectivity index (χ0v) is 11.8. The summed E-state index contributed by atoms with van der Waals surface area (Å²) in [6.07, 6.45) is 2.37. The summed E-state index contributed by atoms with van der Waals surface area (Å²) in [4.78, 5) is 11.5. The zero-order valence-electron chi connectivity index (χ0n) is 10.2. The lowest BCUT2D eigenvalue weighted by molar-refractivity contribution is -0.120. The van der Waals surface area contributed by atoms with Crippen molar-refractivity contribution in [3.8, 4) is 0 Å². The molecule has 1 atom stereocenters. The number of carbonyl (C=O) groups is 1. The number of anilines is 1. The molecule has 1 aliphatic rings. The molecule has 3 nitrogen and oxygen atoms in total. The Morgan fingerprint density at radius 2 is 2.28 bits per heavy atom. The quantitative estimate of drug-likeness (QED) is 0.881.